The summed E-state index contributed by atoms with van der Waals surface area (Å²) in [4.78, 5) is 20.2. The number of esters is 1. The van der Waals surface area contributed by atoms with Gasteiger partial charge in [-0.05, 0) is 62.4 Å². The number of ether oxygens (including phenoxy) is 1. The summed E-state index contributed by atoms with van der Waals surface area (Å²) < 4.78 is 7.59. The summed E-state index contributed by atoms with van der Waals surface area (Å²) in [5.74, 6) is -0.0824. The van der Waals surface area contributed by atoms with Crippen LogP contribution in [0, 0.1) is 23.7 Å². The van der Waals surface area contributed by atoms with E-state index in [0.29, 0.717) is 24.6 Å². The Bertz CT molecular complexity index is 1230. The molecule has 1 fully saturated rings. The standard InChI is InChI=1S/C31H38N4O2/c1-4-5-9-28-18-31(30(36)37-3,17-27-8-6-7-24(2)16-27)14-15-34(28)22-29-20-33-23-35(29)21-26-12-10-25(19-32)11-13-26/h6-8,10-13,16,20,23,28H,4-5,9,14-15,17-18,21-22H2,1-3H3. The number of likely N-dealkylation sites (tertiary alicyclic amines) is 1. The molecule has 6 heteroatoms. The zero-order chi connectivity index (χ0) is 26.3. The number of imidazole rings is 1. The first-order valence-electron chi connectivity index (χ1n) is 13.3. The molecular weight excluding hydrogens is 460 g/mol. The van der Waals surface area contributed by atoms with E-state index in [0.717, 1.165) is 56.5 Å². The highest BCUT2D eigenvalue weighted by Crippen LogP contribution is 2.41. The van der Waals surface area contributed by atoms with Crippen molar-refractivity contribution in [2.75, 3.05) is 13.7 Å². The second kappa shape index (κ2) is 12.2. The number of rotatable bonds is 10. The molecule has 2 unspecified atom stereocenters. The zero-order valence-corrected chi connectivity index (χ0v) is 22.3. The molecule has 1 aromatic heterocycles. The summed E-state index contributed by atoms with van der Waals surface area (Å²) in [6.07, 6.45) is 9.46. The molecular formula is C31H38N4O2. The van der Waals surface area contributed by atoms with Crippen molar-refractivity contribution in [3.05, 3.63) is 89.0 Å². The number of methoxy groups -OCH3 is 1. The normalized spacial score (nSPS) is 19.9. The number of carbonyl (C=O) groups is 1. The van der Waals surface area contributed by atoms with Crippen LogP contribution in [0.3, 0.4) is 0 Å². The van der Waals surface area contributed by atoms with E-state index in [2.05, 4.69) is 58.6 Å². The number of piperidine rings is 1. The molecule has 37 heavy (non-hydrogen) atoms. The molecule has 0 N–H and O–H groups in total. The summed E-state index contributed by atoms with van der Waals surface area (Å²) in [5.41, 5.74) is 4.89. The predicted octanol–water partition coefficient (Wildman–Crippen LogP) is 5.67. The molecule has 0 saturated carbocycles. The van der Waals surface area contributed by atoms with Gasteiger partial charge < -0.3 is 9.30 Å². The van der Waals surface area contributed by atoms with Crippen LogP contribution in [-0.4, -0.2) is 40.1 Å². The third-order valence-electron chi connectivity index (χ3n) is 7.75. The first-order chi connectivity index (χ1) is 18.0. The van der Waals surface area contributed by atoms with Gasteiger partial charge in [-0.3, -0.25) is 9.69 Å². The van der Waals surface area contributed by atoms with Crippen LogP contribution in [0.1, 0.15) is 67.0 Å². The highest BCUT2D eigenvalue weighted by atomic mass is 16.5. The highest BCUT2D eigenvalue weighted by Gasteiger charge is 2.46. The van der Waals surface area contributed by atoms with Gasteiger partial charge in [0.1, 0.15) is 0 Å². The number of benzene rings is 2. The molecule has 2 heterocycles. The van der Waals surface area contributed by atoms with Gasteiger partial charge in [0.05, 0.1) is 36.2 Å². The number of hydrogen-bond donors (Lipinski definition) is 0. The maximum atomic E-state index is 13.2. The van der Waals surface area contributed by atoms with Crippen LogP contribution in [0.2, 0.25) is 0 Å². The van der Waals surface area contributed by atoms with Gasteiger partial charge in [-0.2, -0.15) is 5.26 Å². The number of carbonyl (C=O) groups excluding carboxylic acids is 1. The maximum absolute atomic E-state index is 13.2. The molecule has 1 aliphatic heterocycles. The highest BCUT2D eigenvalue weighted by molar-refractivity contribution is 5.77. The first-order valence-corrected chi connectivity index (χ1v) is 13.3. The van der Waals surface area contributed by atoms with Crippen molar-refractivity contribution in [1.29, 1.82) is 5.26 Å². The molecule has 0 radical (unpaired) electrons. The van der Waals surface area contributed by atoms with Crippen molar-refractivity contribution >= 4 is 5.97 Å². The molecule has 4 rings (SSSR count). The van der Waals surface area contributed by atoms with Crippen molar-refractivity contribution in [2.45, 2.75) is 71.5 Å². The van der Waals surface area contributed by atoms with Crippen molar-refractivity contribution < 1.29 is 9.53 Å². The molecule has 0 amide bonds. The Morgan fingerprint density at radius 3 is 2.70 bits per heavy atom. The number of nitriles is 1. The van der Waals surface area contributed by atoms with Crippen molar-refractivity contribution in [3.8, 4) is 6.07 Å². The lowest BCUT2D eigenvalue weighted by atomic mass is 9.70. The zero-order valence-electron chi connectivity index (χ0n) is 22.3. The smallest absolute Gasteiger partial charge is 0.312 e. The topological polar surface area (TPSA) is 71.2 Å². The minimum absolute atomic E-state index is 0.0824. The number of nitrogens with zero attached hydrogens (tertiary/aromatic N) is 4. The monoisotopic (exact) mass is 498 g/mol. The molecule has 194 valence electrons. The summed E-state index contributed by atoms with van der Waals surface area (Å²) in [6, 6.07) is 18.7. The Hall–Kier alpha value is -3.43. The third kappa shape index (κ3) is 6.47. The van der Waals surface area contributed by atoms with Crippen LogP contribution >= 0.6 is 0 Å². The van der Waals surface area contributed by atoms with Gasteiger partial charge in [-0.25, -0.2) is 4.98 Å². The Morgan fingerprint density at radius 2 is 2.00 bits per heavy atom. The van der Waals surface area contributed by atoms with Gasteiger partial charge in [-0.15, -0.1) is 0 Å². The predicted molar refractivity (Wildman–Crippen MR) is 145 cm³/mol. The summed E-state index contributed by atoms with van der Waals surface area (Å²) in [5, 5.41) is 9.08. The van der Waals surface area contributed by atoms with Crippen LogP contribution in [-0.2, 0) is 29.0 Å². The van der Waals surface area contributed by atoms with E-state index < -0.39 is 5.41 Å². The minimum atomic E-state index is -0.500. The number of aromatic nitrogens is 2. The van der Waals surface area contributed by atoms with Crippen LogP contribution < -0.4 is 0 Å². The Kier molecular flexibility index (Phi) is 8.78. The van der Waals surface area contributed by atoms with Crippen LogP contribution in [0.4, 0.5) is 0 Å². The quantitative estimate of drug-likeness (QED) is 0.337. The molecule has 0 bridgehead atoms. The molecule has 2 aromatic carbocycles. The van der Waals surface area contributed by atoms with E-state index in [1.807, 2.05) is 36.8 Å². The summed E-state index contributed by atoms with van der Waals surface area (Å²) >= 11 is 0. The largest absolute Gasteiger partial charge is 0.469 e. The first kappa shape index (κ1) is 26.6. The van der Waals surface area contributed by atoms with Crippen molar-refractivity contribution in [2.24, 2.45) is 5.41 Å². The summed E-state index contributed by atoms with van der Waals surface area (Å²) in [7, 11) is 1.52. The molecule has 1 aliphatic rings. The van der Waals surface area contributed by atoms with E-state index in [1.54, 1.807) is 0 Å². The second-order valence-corrected chi connectivity index (χ2v) is 10.5. The van der Waals surface area contributed by atoms with Gasteiger partial charge in [-0.1, -0.05) is 61.7 Å². The lowest BCUT2D eigenvalue weighted by Gasteiger charge is -2.45. The van der Waals surface area contributed by atoms with Crippen molar-refractivity contribution in [3.63, 3.8) is 0 Å². The maximum Gasteiger partial charge on any atom is 0.312 e. The molecule has 1 saturated heterocycles. The third-order valence-corrected chi connectivity index (χ3v) is 7.75. The van der Waals surface area contributed by atoms with E-state index in [1.165, 1.54) is 18.2 Å². The van der Waals surface area contributed by atoms with Crippen LogP contribution in [0.25, 0.3) is 0 Å². The lowest BCUT2D eigenvalue weighted by molar-refractivity contribution is -0.157. The van der Waals surface area contributed by atoms with Gasteiger partial charge in [0.2, 0.25) is 0 Å². The fourth-order valence-electron chi connectivity index (χ4n) is 5.71. The van der Waals surface area contributed by atoms with E-state index in [-0.39, 0.29) is 5.97 Å². The van der Waals surface area contributed by atoms with Gasteiger partial charge in [0.25, 0.3) is 0 Å². The summed E-state index contributed by atoms with van der Waals surface area (Å²) in [6.45, 7) is 6.68. The van der Waals surface area contributed by atoms with Gasteiger partial charge >= 0.3 is 5.97 Å². The minimum Gasteiger partial charge on any atom is -0.469 e. The molecule has 0 aliphatic carbocycles. The van der Waals surface area contributed by atoms with Crippen LogP contribution in [0.5, 0.6) is 0 Å². The van der Waals surface area contributed by atoms with Gasteiger partial charge in [0, 0.05) is 25.3 Å². The van der Waals surface area contributed by atoms with E-state index in [9.17, 15) is 4.79 Å². The van der Waals surface area contributed by atoms with E-state index >= 15 is 0 Å². The molecule has 2 atom stereocenters. The number of hydrogen-bond acceptors (Lipinski definition) is 5. The Balaban J connectivity index is 1.53. The number of aryl methyl sites for hydroxylation is 1. The molecule has 6 nitrogen and oxygen atoms in total. The molecule has 0 spiro atoms. The Morgan fingerprint density at radius 1 is 1.19 bits per heavy atom. The number of unbranched alkanes of at least 4 members (excludes halogenated alkanes) is 1. The molecule has 3 aromatic rings. The fourth-order valence-corrected chi connectivity index (χ4v) is 5.71. The second-order valence-electron chi connectivity index (χ2n) is 10.5. The Labute approximate surface area is 220 Å². The van der Waals surface area contributed by atoms with Crippen LogP contribution in [0.15, 0.2) is 61.1 Å². The van der Waals surface area contributed by atoms with Gasteiger partial charge in [0.15, 0.2) is 0 Å². The average Bonchev–Trinajstić information content (AvgIpc) is 3.34. The van der Waals surface area contributed by atoms with Crippen molar-refractivity contribution in [1.82, 2.24) is 14.5 Å². The average molecular weight is 499 g/mol. The lowest BCUT2D eigenvalue weighted by Crippen LogP contribution is -2.51. The fraction of sp³-hybridized carbons (Fsp3) is 0.452. The SMILES string of the molecule is CCCCC1CC(Cc2cccc(C)c2)(C(=O)OC)CCN1Cc1cncn1Cc1ccc(C#N)cc1. The van der Waals surface area contributed by atoms with E-state index in [4.69, 9.17) is 10.00 Å².